The molecule has 0 aromatic rings. The van der Waals surface area contributed by atoms with E-state index in [1.165, 1.54) is 0 Å². The molecule has 4 heteroatoms. The monoisotopic (exact) mass is 216 g/mol. The van der Waals surface area contributed by atoms with E-state index in [4.69, 9.17) is 10.5 Å². The molecule has 0 spiro atoms. The Morgan fingerprint density at radius 3 is 2.60 bits per heavy atom. The smallest absolute Gasteiger partial charge is 0.239 e. The molecule has 0 aromatic carbocycles. The number of rotatable bonds is 8. The highest BCUT2D eigenvalue weighted by atomic mass is 16.5. The molecule has 0 radical (unpaired) electrons. The highest BCUT2D eigenvalue weighted by molar-refractivity contribution is 5.85. The predicted molar refractivity (Wildman–Crippen MR) is 61.6 cm³/mol. The molecule has 0 bridgehead atoms. The number of hydrogen-bond acceptors (Lipinski definition) is 3. The first kappa shape index (κ1) is 14.4. The van der Waals surface area contributed by atoms with Crippen LogP contribution in [0.15, 0.2) is 0 Å². The van der Waals surface area contributed by atoms with Gasteiger partial charge < -0.3 is 15.8 Å². The minimum atomic E-state index is -0.730. The Morgan fingerprint density at radius 1 is 1.40 bits per heavy atom. The second-order valence-electron chi connectivity index (χ2n) is 4.08. The molecule has 0 aliphatic heterocycles. The second kappa shape index (κ2) is 7.65. The van der Waals surface area contributed by atoms with Crippen LogP contribution in [-0.4, -0.2) is 31.7 Å². The molecule has 1 unspecified atom stereocenters. The van der Waals surface area contributed by atoms with Gasteiger partial charge in [-0.2, -0.15) is 0 Å². The number of nitrogens with one attached hydrogen (secondary N) is 1. The largest absolute Gasteiger partial charge is 0.385 e. The second-order valence-corrected chi connectivity index (χ2v) is 4.08. The van der Waals surface area contributed by atoms with Gasteiger partial charge in [0.15, 0.2) is 0 Å². The summed E-state index contributed by atoms with van der Waals surface area (Å²) >= 11 is 0. The van der Waals surface area contributed by atoms with Gasteiger partial charge in [-0.25, -0.2) is 0 Å². The van der Waals surface area contributed by atoms with Gasteiger partial charge >= 0.3 is 0 Å². The van der Waals surface area contributed by atoms with Crippen molar-refractivity contribution in [1.82, 2.24) is 5.32 Å². The predicted octanol–water partition coefficient (Wildman–Crippen LogP) is 1.05. The summed E-state index contributed by atoms with van der Waals surface area (Å²) in [6.07, 6.45) is 3.75. The molecule has 1 atom stereocenters. The summed E-state index contributed by atoms with van der Waals surface area (Å²) in [6.45, 7) is 5.16. The fourth-order valence-electron chi connectivity index (χ4n) is 1.11. The molecule has 3 N–H and O–H groups in total. The van der Waals surface area contributed by atoms with E-state index in [2.05, 4.69) is 5.32 Å². The lowest BCUT2D eigenvalue weighted by Gasteiger charge is -2.21. The van der Waals surface area contributed by atoms with Crippen LogP contribution >= 0.6 is 0 Å². The molecule has 0 rings (SSSR count). The topological polar surface area (TPSA) is 64.4 Å². The fourth-order valence-corrected chi connectivity index (χ4v) is 1.11. The van der Waals surface area contributed by atoms with E-state index < -0.39 is 5.54 Å². The Balaban J connectivity index is 3.47. The number of methoxy groups -OCH3 is 1. The fraction of sp³-hybridized carbons (Fsp3) is 0.909. The van der Waals surface area contributed by atoms with Crippen molar-refractivity contribution in [3.8, 4) is 0 Å². The van der Waals surface area contributed by atoms with E-state index >= 15 is 0 Å². The van der Waals surface area contributed by atoms with E-state index in [1.54, 1.807) is 14.0 Å². The zero-order valence-corrected chi connectivity index (χ0v) is 10.1. The molecule has 15 heavy (non-hydrogen) atoms. The lowest BCUT2D eigenvalue weighted by atomic mass is 9.99. The molecule has 0 aliphatic carbocycles. The van der Waals surface area contributed by atoms with E-state index in [0.717, 1.165) is 25.9 Å². The quantitative estimate of drug-likeness (QED) is 0.596. The van der Waals surface area contributed by atoms with Gasteiger partial charge in [-0.3, -0.25) is 4.79 Å². The standard InChI is InChI=1S/C11H24N2O2/c1-4-11(2,12)10(14)13-8-6-5-7-9-15-3/h4-9,12H2,1-3H3,(H,13,14). The van der Waals surface area contributed by atoms with Crippen LogP contribution < -0.4 is 11.1 Å². The molecule has 4 nitrogen and oxygen atoms in total. The first-order chi connectivity index (χ1) is 7.04. The third-order valence-electron chi connectivity index (χ3n) is 2.56. The lowest BCUT2D eigenvalue weighted by molar-refractivity contribution is -0.125. The Hall–Kier alpha value is -0.610. The Labute approximate surface area is 92.6 Å². The Bertz CT molecular complexity index is 181. The summed E-state index contributed by atoms with van der Waals surface area (Å²) in [7, 11) is 1.70. The van der Waals surface area contributed by atoms with E-state index in [1.807, 2.05) is 6.92 Å². The van der Waals surface area contributed by atoms with Gasteiger partial charge in [-0.15, -0.1) is 0 Å². The van der Waals surface area contributed by atoms with E-state index in [9.17, 15) is 4.79 Å². The van der Waals surface area contributed by atoms with Crippen molar-refractivity contribution in [2.45, 2.75) is 45.1 Å². The van der Waals surface area contributed by atoms with Crippen LogP contribution in [0.25, 0.3) is 0 Å². The summed E-state index contributed by atoms with van der Waals surface area (Å²) in [6, 6.07) is 0. The number of unbranched alkanes of at least 4 members (excludes halogenated alkanes) is 2. The maximum absolute atomic E-state index is 11.5. The highest BCUT2D eigenvalue weighted by Crippen LogP contribution is 2.04. The number of ether oxygens (including phenoxy) is 1. The minimum Gasteiger partial charge on any atom is -0.385 e. The summed E-state index contributed by atoms with van der Waals surface area (Å²) in [5.74, 6) is -0.0586. The van der Waals surface area contributed by atoms with Crippen molar-refractivity contribution >= 4 is 5.91 Å². The van der Waals surface area contributed by atoms with Crippen LogP contribution in [0.1, 0.15) is 39.5 Å². The van der Waals surface area contributed by atoms with Crippen molar-refractivity contribution in [3.63, 3.8) is 0 Å². The average Bonchev–Trinajstić information content (AvgIpc) is 2.22. The molecule has 0 fully saturated rings. The third kappa shape index (κ3) is 6.47. The zero-order valence-electron chi connectivity index (χ0n) is 10.1. The van der Waals surface area contributed by atoms with Gasteiger partial charge in [0.1, 0.15) is 0 Å². The van der Waals surface area contributed by atoms with Crippen molar-refractivity contribution in [2.75, 3.05) is 20.3 Å². The van der Waals surface area contributed by atoms with Crippen molar-refractivity contribution in [2.24, 2.45) is 5.73 Å². The van der Waals surface area contributed by atoms with Crippen molar-refractivity contribution < 1.29 is 9.53 Å². The van der Waals surface area contributed by atoms with Gasteiger partial charge in [-0.05, 0) is 32.6 Å². The molecular weight excluding hydrogens is 192 g/mol. The molecule has 0 heterocycles. The van der Waals surface area contributed by atoms with Gasteiger partial charge in [0.2, 0.25) is 5.91 Å². The summed E-state index contributed by atoms with van der Waals surface area (Å²) in [4.78, 5) is 11.5. The van der Waals surface area contributed by atoms with Gasteiger partial charge in [0.25, 0.3) is 0 Å². The maximum Gasteiger partial charge on any atom is 0.239 e. The summed E-state index contributed by atoms with van der Waals surface area (Å²) in [5.41, 5.74) is 5.06. The van der Waals surface area contributed by atoms with Crippen molar-refractivity contribution in [1.29, 1.82) is 0 Å². The van der Waals surface area contributed by atoms with Crippen molar-refractivity contribution in [3.05, 3.63) is 0 Å². The van der Waals surface area contributed by atoms with Crippen LogP contribution in [0.2, 0.25) is 0 Å². The summed E-state index contributed by atoms with van der Waals surface area (Å²) in [5, 5.41) is 2.85. The number of amides is 1. The van der Waals surface area contributed by atoms with E-state index in [0.29, 0.717) is 13.0 Å². The van der Waals surface area contributed by atoms with Crippen LogP contribution in [0, 0.1) is 0 Å². The lowest BCUT2D eigenvalue weighted by Crippen LogP contribution is -2.51. The van der Waals surface area contributed by atoms with E-state index in [-0.39, 0.29) is 5.91 Å². The minimum absolute atomic E-state index is 0.0586. The number of hydrogen-bond donors (Lipinski definition) is 2. The van der Waals surface area contributed by atoms with Crippen LogP contribution in [-0.2, 0) is 9.53 Å². The summed E-state index contributed by atoms with van der Waals surface area (Å²) < 4.78 is 4.93. The van der Waals surface area contributed by atoms with Crippen LogP contribution in [0.3, 0.4) is 0 Å². The molecule has 1 amide bonds. The highest BCUT2D eigenvalue weighted by Gasteiger charge is 2.24. The number of carbonyl (C=O) groups is 1. The van der Waals surface area contributed by atoms with Crippen LogP contribution in [0.4, 0.5) is 0 Å². The maximum atomic E-state index is 11.5. The average molecular weight is 216 g/mol. The number of carbonyl (C=O) groups excluding carboxylic acids is 1. The number of nitrogens with two attached hydrogens (primary N) is 1. The molecular formula is C11H24N2O2. The van der Waals surface area contributed by atoms with Gasteiger partial charge in [0.05, 0.1) is 5.54 Å². The third-order valence-corrected chi connectivity index (χ3v) is 2.56. The van der Waals surface area contributed by atoms with Crippen LogP contribution in [0.5, 0.6) is 0 Å². The Kier molecular flexibility index (Phi) is 7.34. The normalized spacial score (nSPS) is 14.7. The van der Waals surface area contributed by atoms with Gasteiger partial charge in [-0.1, -0.05) is 6.92 Å². The first-order valence-electron chi connectivity index (χ1n) is 5.60. The SMILES string of the molecule is CCC(C)(N)C(=O)NCCCCCOC. The zero-order chi connectivity index (χ0) is 11.7. The Morgan fingerprint density at radius 2 is 2.07 bits per heavy atom. The molecule has 0 saturated heterocycles. The molecule has 0 saturated carbocycles. The van der Waals surface area contributed by atoms with Gasteiger partial charge in [0, 0.05) is 20.3 Å². The first-order valence-corrected chi connectivity index (χ1v) is 5.60. The molecule has 0 aromatic heterocycles. The molecule has 0 aliphatic rings. The molecule has 90 valence electrons.